The Hall–Kier alpha value is -2.41. The summed E-state index contributed by atoms with van der Waals surface area (Å²) in [4.78, 5) is 17.4. The molecule has 0 atom stereocenters. The van der Waals surface area contributed by atoms with Gasteiger partial charge in [-0.1, -0.05) is 56.0 Å². The van der Waals surface area contributed by atoms with E-state index in [1.165, 1.54) is 23.0 Å². The van der Waals surface area contributed by atoms with Crippen LogP contribution in [0.25, 0.3) is 10.8 Å². The van der Waals surface area contributed by atoms with Gasteiger partial charge in [0.2, 0.25) is 5.91 Å². The molecule has 0 unspecified atom stereocenters. The molecule has 1 N–H and O–H groups in total. The first kappa shape index (κ1) is 20.9. The number of carbonyl (C=O) groups excluding carboxylic acids is 1. The number of alkyl halides is 2. The topological polar surface area (TPSA) is 44.7 Å². The number of aliphatic imine (C=N–C) groups is 1. The first-order chi connectivity index (χ1) is 13.0. The summed E-state index contributed by atoms with van der Waals surface area (Å²) >= 11 is 1.37. The molecule has 144 valence electrons. The number of hydrogen-bond donors (Lipinski definition) is 1. The van der Waals surface area contributed by atoms with Gasteiger partial charge in [-0.15, -0.1) is 11.8 Å². The number of rotatable bonds is 10. The number of carbonyl (C=O) groups is 1. The number of fused-ring (bicyclic) bond motifs is 1. The maximum Gasteiger partial charge on any atom is 0.256 e. The quantitative estimate of drug-likeness (QED) is 0.486. The minimum Gasteiger partial charge on any atom is -0.337 e. The zero-order valence-electron chi connectivity index (χ0n) is 15.2. The Morgan fingerprint density at radius 3 is 2.74 bits per heavy atom. The summed E-state index contributed by atoms with van der Waals surface area (Å²) in [6.45, 7) is 5.24. The van der Waals surface area contributed by atoms with Crippen LogP contribution in [0.4, 0.5) is 8.78 Å². The fourth-order valence-corrected chi connectivity index (χ4v) is 3.10. The molecule has 1 amide bonds. The maximum absolute atomic E-state index is 12.7. The van der Waals surface area contributed by atoms with Crippen molar-refractivity contribution in [2.24, 2.45) is 4.99 Å². The molecular weight excluding hydrogens is 368 g/mol. The number of benzene rings is 2. The lowest BCUT2D eigenvalue weighted by molar-refractivity contribution is -0.120. The average molecular weight is 391 g/mol. The highest BCUT2D eigenvalue weighted by atomic mass is 32.2. The molecular formula is C20H23F2N3OS. The van der Waals surface area contributed by atoms with Gasteiger partial charge in [0, 0.05) is 0 Å². The zero-order chi connectivity index (χ0) is 19.6. The highest BCUT2D eigenvalue weighted by molar-refractivity contribution is 8.02. The van der Waals surface area contributed by atoms with Crippen molar-refractivity contribution in [3.63, 3.8) is 0 Å². The smallest absolute Gasteiger partial charge is 0.256 e. The van der Waals surface area contributed by atoms with Crippen LogP contribution in [0.2, 0.25) is 0 Å². The summed E-state index contributed by atoms with van der Waals surface area (Å²) in [6.07, 6.45) is -0.958. The van der Waals surface area contributed by atoms with Gasteiger partial charge in [-0.2, -0.15) is 0 Å². The summed E-state index contributed by atoms with van der Waals surface area (Å²) < 4.78 is 25.3. The van der Waals surface area contributed by atoms with E-state index in [1.54, 1.807) is 0 Å². The van der Waals surface area contributed by atoms with E-state index in [0.717, 1.165) is 22.1 Å². The molecule has 0 aliphatic carbocycles. The summed E-state index contributed by atoms with van der Waals surface area (Å²) in [7, 11) is 0. The average Bonchev–Trinajstić information content (AvgIpc) is 2.64. The van der Waals surface area contributed by atoms with Gasteiger partial charge >= 0.3 is 0 Å². The molecule has 0 aliphatic rings. The van der Waals surface area contributed by atoms with Gasteiger partial charge in [-0.25, -0.2) is 8.78 Å². The Balaban J connectivity index is 1.85. The number of thioether (sulfide) groups is 1. The lowest BCUT2D eigenvalue weighted by Crippen LogP contribution is -2.28. The van der Waals surface area contributed by atoms with E-state index < -0.39 is 13.0 Å². The van der Waals surface area contributed by atoms with Crippen LogP contribution in [-0.2, 0) is 11.2 Å². The van der Waals surface area contributed by atoms with E-state index in [-0.39, 0.29) is 19.0 Å². The van der Waals surface area contributed by atoms with Gasteiger partial charge in [-0.3, -0.25) is 9.79 Å². The second-order valence-electron chi connectivity index (χ2n) is 5.78. The molecule has 0 bridgehead atoms. The van der Waals surface area contributed by atoms with Crippen LogP contribution >= 0.6 is 11.8 Å². The van der Waals surface area contributed by atoms with Crippen molar-refractivity contribution in [1.29, 1.82) is 0 Å². The number of nitrogens with one attached hydrogen (secondary N) is 1. The van der Waals surface area contributed by atoms with Crippen LogP contribution in [0.5, 0.6) is 0 Å². The van der Waals surface area contributed by atoms with Crippen molar-refractivity contribution >= 4 is 34.8 Å². The van der Waals surface area contributed by atoms with E-state index in [0.29, 0.717) is 5.03 Å². The predicted octanol–water partition coefficient (Wildman–Crippen LogP) is 4.28. The van der Waals surface area contributed by atoms with Crippen LogP contribution in [0.1, 0.15) is 12.5 Å². The fourth-order valence-electron chi connectivity index (χ4n) is 2.48. The first-order valence-electron chi connectivity index (χ1n) is 8.60. The third kappa shape index (κ3) is 7.02. The molecule has 0 aromatic heterocycles. The Labute approximate surface area is 162 Å². The molecule has 0 fully saturated rings. The number of halogens is 2. The van der Waals surface area contributed by atoms with E-state index in [2.05, 4.69) is 16.9 Å². The molecule has 0 aliphatic heterocycles. The SMILES string of the molecule is C=C(SCC)N(/C=N\CNC(=O)Cc1ccc2ccccc2c1)CC(F)F. The first-order valence-corrected chi connectivity index (χ1v) is 9.59. The highest BCUT2D eigenvalue weighted by Gasteiger charge is 2.12. The van der Waals surface area contributed by atoms with Crippen molar-refractivity contribution in [3.8, 4) is 0 Å². The van der Waals surface area contributed by atoms with Crippen LogP contribution in [0, 0.1) is 0 Å². The van der Waals surface area contributed by atoms with Gasteiger partial charge in [0.1, 0.15) is 6.67 Å². The molecule has 0 saturated carbocycles. The Kier molecular flexibility index (Phi) is 8.26. The summed E-state index contributed by atoms with van der Waals surface area (Å²) in [5.41, 5.74) is 0.905. The molecule has 2 aromatic carbocycles. The molecule has 0 heterocycles. The third-order valence-corrected chi connectivity index (χ3v) is 4.59. The van der Waals surface area contributed by atoms with Crippen molar-refractivity contribution < 1.29 is 13.6 Å². The van der Waals surface area contributed by atoms with Gasteiger partial charge in [0.15, 0.2) is 0 Å². The van der Waals surface area contributed by atoms with Crippen molar-refractivity contribution in [2.45, 2.75) is 19.8 Å². The summed E-state index contributed by atoms with van der Waals surface area (Å²) in [5.74, 6) is 0.555. The molecule has 0 saturated heterocycles. The molecule has 4 nitrogen and oxygen atoms in total. The Bertz CT molecular complexity index is 811. The van der Waals surface area contributed by atoms with Crippen LogP contribution in [0.15, 0.2) is 59.1 Å². The van der Waals surface area contributed by atoms with E-state index >= 15 is 0 Å². The summed E-state index contributed by atoms with van der Waals surface area (Å²) in [5, 5.41) is 5.38. The van der Waals surface area contributed by atoms with E-state index in [4.69, 9.17) is 0 Å². The van der Waals surface area contributed by atoms with Crippen LogP contribution in [-0.4, -0.2) is 42.5 Å². The van der Waals surface area contributed by atoms with Crippen molar-refractivity contribution in [1.82, 2.24) is 10.2 Å². The Morgan fingerprint density at radius 2 is 2.04 bits per heavy atom. The largest absolute Gasteiger partial charge is 0.337 e. The highest BCUT2D eigenvalue weighted by Crippen LogP contribution is 2.18. The zero-order valence-corrected chi connectivity index (χ0v) is 16.0. The fraction of sp³-hybridized carbons (Fsp3) is 0.300. The van der Waals surface area contributed by atoms with Crippen molar-refractivity contribution in [2.75, 3.05) is 19.0 Å². The van der Waals surface area contributed by atoms with Gasteiger partial charge < -0.3 is 10.2 Å². The Morgan fingerprint density at radius 1 is 1.30 bits per heavy atom. The molecule has 2 rings (SSSR count). The molecule has 7 heteroatoms. The van der Waals surface area contributed by atoms with Crippen molar-refractivity contribution in [3.05, 3.63) is 59.6 Å². The van der Waals surface area contributed by atoms with E-state index in [1.807, 2.05) is 49.4 Å². The molecule has 0 radical (unpaired) electrons. The minimum atomic E-state index is -2.49. The lowest BCUT2D eigenvalue weighted by atomic mass is 10.1. The van der Waals surface area contributed by atoms with Gasteiger partial charge in [0.25, 0.3) is 6.43 Å². The van der Waals surface area contributed by atoms with Crippen LogP contribution < -0.4 is 5.32 Å². The third-order valence-electron chi connectivity index (χ3n) is 3.73. The predicted molar refractivity (Wildman–Crippen MR) is 109 cm³/mol. The molecule has 27 heavy (non-hydrogen) atoms. The standard InChI is InChI=1S/C20H23F2N3OS/c1-3-27-15(2)25(12-19(21)22)14-23-13-24-20(26)11-16-8-9-17-6-4-5-7-18(17)10-16/h4-10,14,19H,2-3,11-13H2,1H3,(H,24,26)/b23-14-. The monoisotopic (exact) mass is 391 g/mol. The molecule has 2 aromatic rings. The normalized spacial score (nSPS) is 11.3. The molecule has 0 spiro atoms. The van der Waals surface area contributed by atoms with Gasteiger partial charge in [0.05, 0.1) is 24.3 Å². The maximum atomic E-state index is 12.7. The minimum absolute atomic E-state index is 0.0240. The second kappa shape index (κ2) is 10.7. The lowest BCUT2D eigenvalue weighted by Gasteiger charge is -2.20. The number of hydrogen-bond acceptors (Lipinski definition) is 3. The number of amides is 1. The van der Waals surface area contributed by atoms with Crippen LogP contribution in [0.3, 0.4) is 0 Å². The van der Waals surface area contributed by atoms with E-state index in [9.17, 15) is 13.6 Å². The summed E-state index contributed by atoms with van der Waals surface area (Å²) in [6, 6.07) is 13.8. The second-order valence-corrected chi connectivity index (χ2v) is 7.12. The number of nitrogens with zero attached hydrogens (tertiary/aromatic N) is 2. The van der Waals surface area contributed by atoms with Gasteiger partial charge in [-0.05, 0) is 22.1 Å².